The lowest BCUT2D eigenvalue weighted by Crippen LogP contribution is -2.25. The van der Waals surface area contributed by atoms with Gasteiger partial charge in [-0.2, -0.15) is 0 Å². The molecule has 4 nitrogen and oxygen atoms in total. The molecule has 142 valence electrons. The van der Waals surface area contributed by atoms with E-state index in [1.807, 2.05) is 35.0 Å². The largest absolute Gasteiger partial charge is 0.496 e. The molecule has 27 heavy (non-hydrogen) atoms. The molecule has 3 rings (SSSR count). The zero-order valence-corrected chi connectivity index (χ0v) is 15.3. The topological polar surface area (TPSA) is 30.3 Å². The fraction of sp³-hybridized carbons (Fsp3) is 0.286. The molecule has 0 saturated carbocycles. The number of nitrogens with zero attached hydrogens (tertiary/aromatic N) is 3. The summed E-state index contributed by atoms with van der Waals surface area (Å²) in [4.78, 5) is 6.19. The van der Waals surface area contributed by atoms with Crippen LogP contribution in [0.2, 0.25) is 0 Å². The van der Waals surface area contributed by atoms with E-state index in [-0.39, 0.29) is 0 Å². The predicted octanol–water partition coefficient (Wildman–Crippen LogP) is 4.26. The third kappa shape index (κ3) is 5.37. The Morgan fingerprint density at radius 1 is 1.07 bits per heavy atom. The summed E-state index contributed by atoms with van der Waals surface area (Å²) in [6.07, 6.45) is 6.34. The number of imidazole rings is 1. The quantitative estimate of drug-likeness (QED) is 0.563. The number of hydrogen-bond acceptors (Lipinski definition) is 3. The molecule has 0 amide bonds. The van der Waals surface area contributed by atoms with Crippen LogP contribution >= 0.6 is 0 Å². The van der Waals surface area contributed by atoms with Gasteiger partial charge in [-0.25, -0.2) is 13.8 Å². The highest BCUT2D eigenvalue weighted by molar-refractivity contribution is 5.33. The number of hydrogen-bond donors (Lipinski definition) is 0. The first-order valence-corrected chi connectivity index (χ1v) is 8.89. The Balaban J connectivity index is 1.72. The van der Waals surface area contributed by atoms with Gasteiger partial charge in [-0.15, -0.1) is 0 Å². The average molecular weight is 371 g/mol. The van der Waals surface area contributed by atoms with Gasteiger partial charge in [0.1, 0.15) is 17.4 Å². The Labute approximate surface area is 158 Å². The van der Waals surface area contributed by atoms with Crippen molar-refractivity contribution in [1.29, 1.82) is 0 Å². The lowest BCUT2D eigenvalue weighted by molar-refractivity contribution is 0.241. The van der Waals surface area contributed by atoms with Crippen LogP contribution in [-0.2, 0) is 19.6 Å². The van der Waals surface area contributed by atoms with Gasteiger partial charge in [-0.05, 0) is 18.6 Å². The lowest BCUT2D eigenvalue weighted by Gasteiger charge is -2.24. The molecule has 1 heterocycles. The average Bonchev–Trinajstić information content (AvgIpc) is 3.18. The Morgan fingerprint density at radius 3 is 2.63 bits per heavy atom. The second-order valence-electron chi connectivity index (χ2n) is 6.41. The van der Waals surface area contributed by atoms with Gasteiger partial charge in [0.05, 0.1) is 13.4 Å². The number of aryl methyl sites for hydroxylation is 1. The molecule has 6 heteroatoms. The maximum atomic E-state index is 14.1. The fourth-order valence-electron chi connectivity index (χ4n) is 3.08. The molecule has 0 atom stereocenters. The molecule has 0 spiro atoms. The number of ether oxygens (including phenoxy) is 1. The van der Waals surface area contributed by atoms with Gasteiger partial charge in [0.15, 0.2) is 0 Å². The number of methoxy groups -OCH3 is 1. The van der Waals surface area contributed by atoms with Crippen molar-refractivity contribution >= 4 is 0 Å². The molecule has 0 saturated heterocycles. The van der Waals surface area contributed by atoms with Gasteiger partial charge >= 0.3 is 0 Å². The first kappa shape index (κ1) is 19.0. The van der Waals surface area contributed by atoms with Gasteiger partial charge in [-0.3, -0.25) is 4.90 Å². The maximum Gasteiger partial charge on any atom is 0.130 e. The summed E-state index contributed by atoms with van der Waals surface area (Å²) in [6.45, 7) is 2.60. The number of aromatic nitrogens is 2. The van der Waals surface area contributed by atoms with Crippen LogP contribution in [0, 0.1) is 11.6 Å². The Bertz CT molecular complexity index is 852. The van der Waals surface area contributed by atoms with Gasteiger partial charge in [-0.1, -0.05) is 24.3 Å². The van der Waals surface area contributed by atoms with E-state index in [2.05, 4.69) is 9.88 Å². The summed E-state index contributed by atoms with van der Waals surface area (Å²) < 4.78 is 34.8. The number of benzene rings is 2. The minimum atomic E-state index is -0.562. The van der Waals surface area contributed by atoms with Crippen LogP contribution in [0.15, 0.2) is 61.2 Å². The summed E-state index contributed by atoms with van der Waals surface area (Å²) in [5, 5.41) is 0. The molecule has 0 unspecified atom stereocenters. The molecular weight excluding hydrogens is 348 g/mol. The fourth-order valence-corrected chi connectivity index (χ4v) is 3.08. The van der Waals surface area contributed by atoms with E-state index in [1.165, 1.54) is 12.1 Å². The molecule has 0 N–H and O–H groups in total. The summed E-state index contributed by atoms with van der Waals surface area (Å²) in [5.74, 6) is -0.279. The van der Waals surface area contributed by atoms with Gasteiger partial charge in [0, 0.05) is 55.8 Å². The molecule has 0 fully saturated rings. The van der Waals surface area contributed by atoms with Crippen molar-refractivity contribution in [2.75, 3.05) is 13.7 Å². The van der Waals surface area contributed by atoms with E-state index in [1.54, 1.807) is 19.6 Å². The number of rotatable bonds is 9. The van der Waals surface area contributed by atoms with Crippen LogP contribution in [0.25, 0.3) is 0 Å². The predicted molar refractivity (Wildman–Crippen MR) is 100 cm³/mol. The van der Waals surface area contributed by atoms with Crippen molar-refractivity contribution in [3.63, 3.8) is 0 Å². The Morgan fingerprint density at radius 2 is 1.89 bits per heavy atom. The van der Waals surface area contributed by atoms with E-state index in [9.17, 15) is 8.78 Å². The van der Waals surface area contributed by atoms with E-state index in [4.69, 9.17) is 4.74 Å². The standard InChI is InChI=1S/C21H23F2N3O/c1-27-21-6-3-2-5-18(21)15-26(11-4-10-25-12-9-24-16-25)14-17-7-8-19(22)13-20(17)23/h2-3,5-9,12-13,16H,4,10-11,14-15H2,1H3. The first-order valence-electron chi connectivity index (χ1n) is 8.89. The van der Waals surface area contributed by atoms with E-state index in [0.717, 1.165) is 36.9 Å². The van der Waals surface area contributed by atoms with E-state index in [0.29, 0.717) is 18.7 Å². The van der Waals surface area contributed by atoms with E-state index >= 15 is 0 Å². The van der Waals surface area contributed by atoms with Crippen molar-refractivity contribution < 1.29 is 13.5 Å². The summed E-state index contributed by atoms with van der Waals surface area (Å²) in [5.41, 5.74) is 1.51. The second-order valence-corrected chi connectivity index (χ2v) is 6.41. The van der Waals surface area contributed by atoms with Crippen LogP contribution in [0.3, 0.4) is 0 Å². The van der Waals surface area contributed by atoms with Crippen molar-refractivity contribution in [2.45, 2.75) is 26.1 Å². The van der Waals surface area contributed by atoms with Crippen LogP contribution in [0.5, 0.6) is 5.75 Å². The highest BCUT2D eigenvalue weighted by Crippen LogP contribution is 2.21. The van der Waals surface area contributed by atoms with Crippen molar-refractivity contribution in [2.24, 2.45) is 0 Å². The molecule has 0 aliphatic rings. The monoisotopic (exact) mass is 371 g/mol. The third-order valence-electron chi connectivity index (χ3n) is 4.45. The minimum absolute atomic E-state index is 0.397. The van der Waals surface area contributed by atoms with Gasteiger partial charge in [0.2, 0.25) is 0 Å². The molecule has 1 aromatic heterocycles. The lowest BCUT2D eigenvalue weighted by atomic mass is 10.1. The zero-order valence-electron chi connectivity index (χ0n) is 15.3. The Hall–Kier alpha value is -2.73. The molecule has 0 aliphatic heterocycles. The van der Waals surface area contributed by atoms with Crippen LogP contribution < -0.4 is 4.74 Å². The number of para-hydroxylation sites is 1. The number of halogens is 2. The third-order valence-corrected chi connectivity index (χ3v) is 4.45. The van der Waals surface area contributed by atoms with E-state index < -0.39 is 11.6 Å². The van der Waals surface area contributed by atoms with Gasteiger partial charge in [0.25, 0.3) is 0 Å². The molecule has 2 aromatic carbocycles. The molecule has 0 radical (unpaired) electrons. The SMILES string of the molecule is COc1ccccc1CN(CCCn1ccnc1)Cc1ccc(F)cc1F. The summed E-state index contributed by atoms with van der Waals surface area (Å²) >= 11 is 0. The summed E-state index contributed by atoms with van der Waals surface area (Å²) in [7, 11) is 1.64. The minimum Gasteiger partial charge on any atom is -0.496 e. The maximum absolute atomic E-state index is 14.1. The normalized spacial score (nSPS) is 11.1. The highest BCUT2D eigenvalue weighted by Gasteiger charge is 2.13. The molecule has 0 aliphatic carbocycles. The van der Waals surface area contributed by atoms with Crippen LogP contribution in [0.4, 0.5) is 8.78 Å². The van der Waals surface area contributed by atoms with Crippen molar-refractivity contribution in [1.82, 2.24) is 14.5 Å². The van der Waals surface area contributed by atoms with Crippen molar-refractivity contribution in [3.8, 4) is 5.75 Å². The summed E-state index contributed by atoms with van der Waals surface area (Å²) in [6, 6.07) is 11.5. The zero-order chi connectivity index (χ0) is 19.1. The molecular formula is C21H23F2N3O. The second kappa shape index (κ2) is 9.28. The molecule has 3 aromatic rings. The highest BCUT2D eigenvalue weighted by atomic mass is 19.1. The van der Waals surface area contributed by atoms with Crippen LogP contribution in [0.1, 0.15) is 17.5 Å². The van der Waals surface area contributed by atoms with Crippen molar-refractivity contribution in [3.05, 3.63) is 83.9 Å². The molecule has 0 bridgehead atoms. The van der Waals surface area contributed by atoms with Gasteiger partial charge < -0.3 is 9.30 Å². The smallest absolute Gasteiger partial charge is 0.130 e. The first-order chi connectivity index (χ1) is 13.2. The van der Waals surface area contributed by atoms with Crippen LogP contribution in [-0.4, -0.2) is 28.1 Å². The Kier molecular flexibility index (Phi) is 6.54.